The summed E-state index contributed by atoms with van der Waals surface area (Å²) in [5.41, 5.74) is 0.269. The first-order valence-electron chi connectivity index (χ1n) is 7.22. The SMILES string of the molecule is CC(C)CC(C)(C)NC(=O)NC[C@@H](O)c1cccc(O)c1. The molecule has 5 nitrogen and oxygen atoms in total. The van der Waals surface area contributed by atoms with Crippen LogP contribution in [0.4, 0.5) is 4.79 Å². The topological polar surface area (TPSA) is 81.6 Å². The molecule has 0 spiro atoms. The lowest BCUT2D eigenvalue weighted by atomic mass is 9.93. The standard InChI is InChI=1S/C16H26N2O3/c1-11(2)9-16(3,4)18-15(21)17-10-14(20)12-6-5-7-13(19)8-12/h5-8,11,14,19-20H,9-10H2,1-4H3,(H2,17,18,21)/t14-/m1/s1. The first-order valence-corrected chi connectivity index (χ1v) is 7.22. The molecule has 1 rings (SSSR count). The summed E-state index contributed by atoms with van der Waals surface area (Å²) >= 11 is 0. The van der Waals surface area contributed by atoms with Gasteiger partial charge in [0, 0.05) is 12.1 Å². The summed E-state index contributed by atoms with van der Waals surface area (Å²) in [5, 5.41) is 24.9. The molecule has 118 valence electrons. The van der Waals surface area contributed by atoms with E-state index in [1.54, 1.807) is 12.1 Å². The molecule has 0 fully saturated rings. The molecule has 21 heavy (non-hydrogen) atoms. The van der Waals surface area contributed by atoms with E-state index in [-0.39, 0.29) is 23.9 Å². The van der Waals surface area contributed by atoms with E-state index < -0.39 is 6.10 Å². The summed E-state index contributed by atoms with van der Waals surface area (Å²) in [6.07, 6.45) is 0.0197. The second kappa shape index (κ2) is 7.31. The third kappa shape index (κ3) is 6.49. The molecule has 0 saturated heterocycles. The Kier molecular flexibility index (Phi) is 6.03. The molecule has 0 bridgehead atoms. The second-order valence-corrected chi connectivity index (χ2v) is 6.43. The van der Waals surface area contributed by atoms with Crippen molar-refractivity contribution in [2.75, 3.05) is 6.54 Å². The number of carbonyl (C=O) groups excluding carboxylic acids is 1. The fourth-order valence-electron chi connectivity index (χ4n) is 2.46. The normalized spacial score (nSPS) is 13.0. The zero-order chi connectivity index (χ0) is 16.0. The molecule has 1 aromatic rings. The molecule has 0 radical (unpaired) electrons. The molecule has 0 aromatic heterocycles. The minimum Gasteiger partial charge on any atom is -0.508 e. The number of hydrogen-bond donors (Lipinski definition) is 4. The van der Waals surface area contributed by atoms with Gasteiger partial charge in [-0.15, -0.1) is 0 Å². The summed E-state index contributed by atoms with van der Waals surface area (Å²) in [6.45, 7) is 8.24. The van der Waals surface area contributed by atoms with E-state index in [0.29, 0.717) is 11.5 Å². The van der Waals surface area contributed by atoms with Crippen LogP contribution in [-0.4, -0.2) is 28.3 Å². The minimum absolute atomic E-state index is 0.0903. The maximum Gasteiger partial charge on any atom is 0.315 e. The van der Waals surface area contributed by atoms with Crippen LogP contribution in [0.2, 0.25) is 0 Å². The number of rotatable bonds is 6. The Balaban J connectivity index is 2.46. The Morgan fingerprint density at radius 3 is 2.57 bits per heavy atom. The fraction of sp³-hybridized carbons (Fsp3) is 0.562. The Morgan fingerprint density at radius 1 is 1.33 bits per heavy atom. The van der Waals surface area contributed by atoms with E-state index >= 15 is 0 Å². The van der Waals surface area contributed by atoms with Crippen LogP contribution in [0.25, 0.3) is 0 Å². The number of amides is 2. The molecule has 0 unspecified atom stereocenters. The van der Waals surface area contributed by atoms with E-state index in [0.717, 1.165) is 6.42 Å². The van der Waals surface area contributed by atoms with Crippen molar-refractivity contribution in [3.05, 3.63) is 29.8 Å². The van der Waals surface area contributed by atoms with E-state index in [2.05, 4.69) is 24.5 Å². The van der Waals surface area contributed by atoms with Crippen LogP contribution in [-0.2, 0) is 0 Å². The molecule has 5 heteroatoms. The van der Waals surface area contributed by atoms with Gasteiger partial charge in [-0.2, -0.15) is 0 Å². The van der Waals surface area contributed by atoms with Crippen LogP contribution >= 0.6 is 0 Å². The largest absolute Gasteiger partial charge is 0.508 e. The van der Waals surface area contributed by atoms with Gasteiger partial charge in [-0.3, -0.25) is 0 Å². The third-order valence-corrected chi connectivity index (χ3v) is 3.08. The van der Waals surface area contributed by atoms with E-state index in [9.17, 15) is 15.0 Å². The molecule has 4 N–H and O–H groups in total. The number of phenols is 1. The van der Waals surface area contributed by atoms with Gasteiger partial charge in [0.25, 0.3) is 0 Å². The van der Waals surface area contributed by atoms with Crippen LogP contribution in [0.1, 0.15) is 45.8 Å². The molecule has 1 atom stereocenters. The maximum atomic E-state index is 11.9. The summed E-state index contributed by atoms with van der Waals surface area (Å²) in [7, 11) is 0. The molecular weight excluding hydrogens is 268 g/mol. The number of aliphatic hydroxyl groups is 1. The van der Waals surface area contributed by atoms with Crippen LogP contribution in [0.3, 0.4) is 0 Å². The molecular formula is C16H26N2O3. The quantitative estimate of drug-likeness (QED) is 0.651. The fourth-order valence-corrected chi connectivity index (χ4v) is 2.46. The zero-order valence-electron chi connectivity index (χ0n) is 13.2. The van der Waals surface area contributed by atoms with Gasteiger partial charge in [-0.25, -0.2) is 4.79 Å². The van der Waals surface area contributed by atoms with Gasteiger partial charge in [0.15, 0.2) is 0 Å². The summed E-state index contributed by atoms with van der Waals surface area (Å²) < 4.78 is 0. The molecule has 0 saturated carbocycles. The highest BCUT2D eigenvalue weighted by Gasteiger charge is 2.21. The average molecular weight is 294 g/mol. The first kappa shape index (κ1) is 17.3. The Labute approximate surface area is 126 Å². The minimum atomic E-state index is -0.851. The van der Waals surface area contributed by atoms with Crippen molar-refractivity contribution in [1.29, 1.82) is 0 Å². The van der Waals surface area contributed by atoms with Crippen molar-refractivity contribution < 1.29 is 15.0 Å². The van der Waals surface area contributed by atoms with Gasteiger partial charge in [-0.05, 0) is 43.9 Å². The summed E-state index contributed by atoms with van der Waals surface area (Å²) in [5.74, 6) is 0.576. The smallest absolute Gasteiger partial charge is 0.315 e. The second-order valence-electron chi connectivity index (χ2n) is 6.43. The number of aromatic hydroxyl groups is 1. The van der Waals surface area contributed by atoms with Crippen LogP contribution < -0.4 is 10.6 Å². The Hall–Kier alpha value is -1.75. The van der Waals surface area contributed by atoms with Crippen LogP contribution in [0.15, 0.2) is 24.3 Å². The zero-order valence-corrected chi connectivity index (χ0v) is 13.2. The molecule has 1 aromatic carbocycles. The molecule has 0 heterocycles. The van der Waals surface area contributed by atoms with Crippen molar-refractivity contribution >= 4 is 6.03 Å². The lowest BCUT2D eigenvalue weighted by molar-refractivity contribution is 0.170. The monoisotopic (exact) mass is 294 g/mol. The molecule has 0 aliphatic heterocycles. The highest BCUT2D eigenvalue weighted by molar-refractivity contribution is 5.74. The van der Waals surface area contributed by atoms with Crippen LogP contribution in [0.5, 0.6) is 5.75 Å². The lowest BCUT2D eigenvalue weighted by Crippen LogP contribution is -2.49. The van der Waals surface area contributed by atoms with Crippen molar-refractivity contribution in [1.82, 2.24) is 10.6 Å². The van der Waals surface area contributed by atoms with Gasteiger partial charge in [-0.1, -0.05) is 26.0 Å². The van der Waals surface area contributed by atoms with E-state index in [1.165, 1.54) is 12.1 Å². The molecule has 0 aliphatic rings. The van der Waals surface area contributed by atoms with Gasteiger partial charge >= 0.3 is 6.03 Å². The lowest BCUT2D eigenvalue weighted by Gasteiger charge is -2.28. The highest BCUT2D eigenvalue weighted by Crippen LogP contribution is 2.18. The Morgan fingerprint density at radius 2 is 2.00 bits per heavy atom. The van der Waals surface area contributed by atoms with Gasteiger partial charge in [0.05, 0.1) is 6.10 Å². The average Bonchev–Trinajstić information content (AvgIpc) is 2.33. The molecule has 2 amide bonds. The van der Waals surface area contributed by atoms with Crippen molar-refractivity contribution in [3.63, 3.8) is 0 Å². The van der Waals surface area contributed by atoms with E-state index in [4.69, 9.17) is 0 Å². The molecule has 0 aliphatic carbocycles. The predicted octanol–water partition coefficient (Wildman–Crippen LogP) is 2.55. The summed E-state index contributed by atoms with van der Waals surface area (Å²) in [6, 6.07) is 6.06. The van der Waals surface area contributed by atoms with Crippen molar-refractivity contribution in [3.8, 4) is 5.75 Å². The number of aliphatic hydroxyl groups excluding tert-OH is 1. The van der Waals surface area contributed by atoms with Gasteiger partial charge in [0.1, 0.15) is 5.75 Å². The van der Waals surface area contributed by atoms with Crippen LogP contribution in [0, 0.1) is 5.92 Å². The number of phenolic OH excluding ortho intramolecular Hbond substituents is 1. The van der Waals surface area contributed by atoms with Crippen molar-refractivity contribution in [2.45, 2.75) is 45.8 Å². The number of nitrogens with one attached hydrogen (secondary N) is 2. The van der Waals surface area contributed by atoms with E-state index in [1.807, 2.05) is 13.8 Å². The number of urea groups is 1. The third-order valence-electron chi connectivity index (χ3n) is 3.08. The number of hydrogen-bond acceptors (Lipinski definition) is 3. The first-order chi connectivity index (χ1) is 9.69. The maximum absolute atomic E-state index is 11.9. The van der Waals surface area contributed by atoms with Crippen molar-refractivity contribution in [2.24, 2.45) is 5.92 Å². The van der Waals surface area contributed by atoms with Gasteiger partial charge in [0.2, 0.25) is 0 Å². The number of carbonyl (C=O) groups is 1. The summed E-state index contributed by atoms with van der Waals surface area (Å²) in [4.78, 5) is 11.9. The Bertz CT molecular complexity index is 472. The number of benzene rings is 1. The van der Waals surface area contributed by atoms with Gasteiger partial charge < -0.3 is 20.8 Å². The predicted molar refractivity (Wildman–Crippen MR) is 83.1 cm³/mol. The highest BCUT2D eigenvalue weighted by atomic mass is 16.3.